The van der Waals surface area contributed by atoms with Gasteiger partial charge in [-0.05, 0) is 49.1 Å². The van der Waals surface area contributed by atoms with E-state index in [1.54, 1.807) is 31.3 Å². The van der Waals surface area contributed by atoms with Gasteiger partial charge in [-0.15, -0.1) is 0 Å². The van der Waals surface area contributed by atoms with Gasteiger partial charge < -0.3 is 18.8 Å². The summed E-state index contributed by atoms with van der Waals surface area (Å²) < 4.78 is 15.9. The van der Waals surface area contributed by atoms with Gasteiger partial charge in [0.25, 0.3) is 5.91 Å². The van der Waals surface area contributed by atoms with E-state index in [4.69, 9.17) is 13.9 Å². The largest absolute Gasteiger partial charge is 0.482 e. The summed E-state index contributed by atoms with van der Waals surface area (Å²) in [5.41, 5.74) is 2.62. The number of carbonyl (C=O) groups excluding carboxylic acids is 2. The maximum atomic E-state index is 12.2. The first-order valence-electron chi connectivity index (χ1n) is 9.71. The minimum absolute atomic E-state index is 0.312. The van der Waals surface area contributed by atoms with Crippen molar-refractivity contribution in [2.75, 3.05) is 25.2 Å². The molecule has 0 spiro atoms. The molecule has 0 unspecified atom stereocenters. The molecule has 30 heavy (non-hydrogen) atoms. The van der Waals surface area contributed by atoms with Gasteiger partial charge in [-0.2, -0.15) is 0 Å². The van der Waals surface area contributed by atoms with Crippen molar-refractivity contribution in [2.24, 2.45) is 0 Å². The molecular weight excluding hydrogens is 386 g/mol. The molecule has 1 amide bonds. The molecule has 3 aromatic rings. The summed E-state index contributed by atoms with van der Waals surface area (Å²) in [6.07, 6.45) is 2.55. The Kier molecular flexibility index (Phi) is 5.52. The first-order chi connectivity index (χ1) is 14.5. The Labute approximate surface area is 172 Å². The van der Waals surface area contributed by atoms with Gasteiger partial charge in [0.15, 0.2) is 13.2 Å². The lowest BCUT2D eigenvalue weighted by atomic mass is 10.1. The summed E-state index contributed by atoms with van der Waals surface area (Å²) in [6, 6.07) is 14.2. The Morgan fingerprint density at radius 2 is 1.80 bits per heavy atom. The van der Waals surface area contributed by atoms with E-state index in [-0.39, 0.29) is 24.7 Å². The van der Waals surface area contributed by atoms with Crippen molar-refractivity contribution in [1.29, 1.82) is 0 Å². The number of rotatable bonds is 6. The Morgan fingerprint density at radius 3 is 2.60 bits per heavy atom. The highest BCUT2D eigenvalue weighted by Crippen LogP contribution is 2.29. The van der Waals surface area contributed by atoms with Gasteiger partial charge >= 0.3 is 11.6 Å². The number of nitrogens with zero attached hydrogens (tertiary/aromatic N) is 1. The second-order valence-electron chi connectivity index (χ2n) is 7.10. The minimum atomic E-state index is -0.666. The van der Waals surface area contributed by atoms with E-state index >= 15 is 0 Å². The van der Waals surface area contributed by atoms with Crippen molar-refractivity contribution in [3.63, 3.8) is 0 Å². The molecule has 0 bridgehead atoms. The second kappa shape index (κ2) is 8.41. The predicted octanol–water partition coefficient (Wildman–Crippen LogP) is 2.87. The molecule has 0 saturated carbocycles. The highest BCUT2D eigenvalue weighted by molar-refractivity contribution is 5.94. The maximum Gasteiger partial charge on any atom is 0.344 e. The first kappa shape index (κ1) is 19.7. The topological polar surface area (TPSA) is 86.0 Å². The fourth-order valence-corrected chi connectivity index (χ4v) is 3.57. The third-order valence-corrected chi connectivity index (χ3v) is 5.18. The molecule has 1 aliphatic rings. The molecule has 0 fully saturated rings. The van der Waals surface area contributed by atoms with Crippen LogP contribution in [0.5, 0.6) is 5.75 Å². The van der Waals surface area contributed by atoms with Crippen molar-refractivity contribution in [2.45, 2.75) is 19.3 Å². The molecule has 0 aliphatic heterocycles. The first-order valence-corrected chi connectivity index (χ1v) is 9.71. The van der Waals surface area contributed by atoms with Crippen LogP contribution in [0.25, 0.3) is 11.0 Å². The number of benzene rings is 2. The molecule has 7 heteroatoms. The lowest BCUT2D eigenvalue weighted by Crippen LogP contribution is -2.31. The summed E-state index contributed by atoms with van der Waals surface area (Å²) in [6.45, 7) is -0.741. The van der Waals surface area contributed by atoms with E-state index < -0.39 is 5.97 Å². The summed E-state index contributed by atoms with van der Waals surface area (Å²) in [4.78, 5) is 37.6. The Morgan fingerprint density at radius 1 is 1.03 bits per heavy atom. The second-order valence-corrected chi connectivity index (χ2v) is 7.10. The third-order valence-electron chi connectivity index (χ3n) is 5.18. The van der Waals surface area contributed by atoms with E-state index in [9.17, 15) is 14.4 Å². The number of carbonyl (C=O) groups is 2. The van der Waals surface area contributed by atoms with Crippen molar-refractivity contribution in [3.8, 4) is 5.75 Å². The van der Waals surface area contributed by atoms with Crippen molar-refractivity contribution in [3.05, 3.63) is 70.1 Å². The number of likely N-dealkylation sites (N-methyl/N-ethyl adjacent to an activating group) is 1. The standard InChI is InChI=1S/C23H21NO6/c1-24(15-6-3-2-4-7-15)21(25)13-29-22(26)14-28-16-10-11-18-17-8-5-9-19(17)23(27)30-20(18)12-16/h2-4,6-7,10-12H,5,8-9,13-14H2,1H3. The Hall–Kier alpha value is -3.61. The molecule has 154 valence electrons. The van der Waals surface area contributed by atoms with Gasteiger partial charge in [-0.1, -0.05) is 18.2 Å². The lowest BCUT2D eigenvalue weighted by Gasteiger charge is -2.17. The number of hydrogen-bond acceptors (Lipinski definition) is 6. The van der Waals surface area contributed by atoms with Crippen LogP contribution in [0.2, 0.25) is 0 Å². The van der Waals surface area contributed by atoms with E-state index in [1.807, 2.05) is 24.3 Å². The monoisotopic (exact) mass is 407 g/mol. The number of para-hydroxylation sites is 1. The fourth-order valence-electron chi connectivity index (χ4n) is 3.57. The third kappa shape index (κ3) is 4.05. The lowest BCUT2D eigenvalue weighted by molar-refractivity contribution is -0.149. The van der Waals surface area contributed by atoms with Crippen molar-refractivity contribution >= 4 is 28.5 Å². The number of fused-ring (bicyclic) bond motifs is 3. The average molecular weight is 407 g/mol. The zero-order valence-corrected chi connectivity index (χ0v) is 16.6. The van der Waals surface area contributed by atoms with Crippen LogP contribution in [-0.4, -0.2) is 32.1 Å². The molecule has 7 nitrogen and oxygen atoms in total. The maximum absolute atomic E-state index is 12.2. The van der Waals surface area contributed by atoms with Gasteiger partial charge in [0.1, 0.15) is 11.3 Å². The van der Waals surface area contributed by atoms with Gasteiger partial charge in [0.05, 0.1) is 0 Å². The van der Waals surface area contributed by atoms with Gasteiger partial charge in [-0.3, -0.25) is 4.79 Å². The highest BCUT2D eigenvalue weighted by atomic mass is 16.6. The SMILES string of the molecule is CN(C(=O)COC(=O)COc1ccc2c3c(c(=O)oc2c1)CCC3)c1ccccc1. The average Bonchev–Trinajstić information content (AvgIpc) is 3.27. The van der Waals surface area contributed by atoms with Crippen molar-refractivity contribution in [1.82, 2.24) is 0 Å². The van der Waals surface area contributed by atoms with Gasteiger partial charge in [0.2, 0.25) is 0 Å². The van der Waals surface area contributed by atoms with Crippen LogP contribution in [0.15, 0.2) is 57.7 Å². The molecule has 0 saturated heterocycles. The summed E-state index contributed by atoms with van der Waals surface area (Å²) in [5.74, 6) is -0.635. The summed E-state index contributed by atoms with van der Waals surface area (Å²) >= 11 is 0. The van der Waals surface area contributed by atoms with Crippen LogP contribution in [0.3, 0.4) is 0 Å². The molecule has 1 aromatic heterocycles. The molecule has 1 aliphatic carbocycles. The number of amides is 1. The summed E-state index contributed by atoms with van der Waals surface area (Å²) in [5, 5.41) is 0.895. The van der Waals surface area contributed by atoms with Crippen LogP contribution < -0.4 is 15.3 Å². The van der Waals surface area contributed by atoms with E-state index in [0.29, 0.717) is 17.0 Å². The quantitative estimate of drug-likeness (QED) is 0.461. The number of hydrogen-bond donors (Lipinski definition) is 0. The highest BCUT2D eigenvalue weighted by Gasteiger charge is 2.20. The minimum Gasteiger partial charge on any atom is -0.482 e. The predicted molar refractivity (Wildman–Crippen MR) is 111 cm³/mol. The van der Waals surface area contributed by atoms with Crippen LogP contribution in [0.4, 0.5) is 5.69 Å². The number of esters is 1. The van der Waals surface area contributed by atoms with Crippen LogP contribution in [0, 0.1) is 0 Å². The van der Waals surface area contributed by atoms with E-state index in [0.717, 1.165) is 35.8 Å². The van der Waals surface area contributed by atoms with Crippen LogP contribution in [-0.2, 0) is 27.2 Å². The van der Waals surface area contributed by atoms with Gasteiger partial charge in [-0.25, -0.2) is 9.59 Å². The molecule has 0 atom stereocenters. The van der Waals surface area contributed by atoms with E-state index in [1.165, 1.54) is 4.90 Å². The molecule has 0 N–H and O–H groups in total. The molecule has 4 rings (SSSR count). The van der Waals surface area contributed by atoms with Gasteiger partial charge in [0, 0.05) is 29.8 Å². The molecule has 1 heterocycles. The molecular formula is C23H21NO6. The zero-order valence-electron chi connectivity index (χ0n) is 16.6. The zero-order chi connectivity index (χ0) is 21.1. The fraction of sp³-hybridized carbons (Fsp3) is 0.261. The number of ether oxygens (including phenoxy) is 2. The van der Waals surface area contributed by atoms with E-state index in [2.05, 4.69) is 0 Å². The number of anilines is 1. The normalized spacial score (nSPS) is 12.4. The molecule has 0 radical (unpaired) electrons. The summed E-state index contributed by atoms with van der Waals surface area (Å²) in [7, 11) is 1.61. The van der Waals surface area contributed by atoms with Crippen LogP contribution >= 0.6 is 0 Å². The number of aryl methyl sites for hydroxylation is 1. The smallest absolute Gasteiger partial charge is 0.344 e. The van der Waals surface area contributed by atoms with Crippen LogP contribution in [0.1, 0.15) is 17.5 Å². The Bertz CT molecular complexity index is 1150. The molecule has 2 aromatic carbocycles. The van der Waals surface area contributed by atoms with Crippen molar-refractivity contribution < 1.29 is 23.5 Å². The Balaban J connectivity index is 1.34.